The van der Waals surface area contributed by atoms with Crippen molar-refractivity contribution in [1.82, 2.24) is 0 Å². The molecule has 0 saturated carbocycles. The molecule has 0 radical (unpaired) electrons. The molecule has 0 aliphatic rings. The Labute approximate surface area is 45.7 Å². The van der Waals surface area contributed by atoms with Crippen molar-refractivity contribution in [2.24, 2.45) is 5.90 Å². The predicted octanol–water partition coefficient (Wildman–Crippen LogP) is -1.01. The number of carbonyl (C=O) groups is 2. The molecule has 0 bridgehead atoms. The van der Waals surface area contributed by atoms with E-state index in [1.165, 1.54) is 0 Å². The predicted molar refractivity (Wildman–Crippen MR) is 24.3 cm³/mol. The molecule has 0 aromatic heterocycles. The zero-order chi connectivity index (χ0) is 7.15. The molecule has 0 saturated heterocycles. The lowest BCUT2D eigenvalue weighted by Crippen LogP contribution is -2.05. The van der Waals surface area contributed by atoms with Crippen molar-refractivity contribution >= 4 is 11.8 Å². The van der Waals surface area contributed by atoms with Crippen molar-refractivity contribution in [3.05, 3.63) is 0 Å². The fourth-order valence-electron chi connectivity index (χ4n) is 0. The van der Waals surface area contributed by atoms with Gasteiger partial charge in [-0.2, -0.15) is 0 Å². The second-order valence-electron chi connectivity index (χ2n) is 0.861. The molecule has 5 nitrogen and oxygen atoms in total. The quantitative estimate of drug-likeness (QED) is 0.305. The summed E-state index contributed by atoms with van der Waals surface area (Å²) in [5, 5.41) is 14.1. The SMILES string of the molecule is CC(=O)C(=O)O.NO. The fraction of sp³-hybridized carbons (Fsp3) is 0.333. The van der Waals surface area contributed by atoms with E-state index in [2.05, 4.69) is 5.90 Å². The van der Waals surface area contributed by atoms with Crippen LogP contribution in [0.2, 0.25) is 0 Å². The minimum absolute atomic E-state index is 0.824. The van der Waals surface area contributed by atoms with Gasteiger partial charge in [0.05, 0.1) is 0 Å². The third-order valence-electron chi connectivity index (χ3n) is 0.301. The van der Waals surface area contributed by atoms with Crippen LogP contribution in [-0.2, 0) is 9.59 Å². The van der Waals surface area contributed by atoms with Gasteiger partial charge in [0.15, 0.2) is 0 Å². The summed E-state index contributed by atoms with van der Waals surface area (Å²) in [7, 11) is 0. The van der Waals surface area contributed by atoms with Gasteiger partial charge in [-0.15, -0.1) is 0 Å². The number of aliphatic carboxylic acids is 1. The second-order valence-corrected chi connectivity index (χ2v) is 0.861. The fourth-order valence-corrected chi connectivity index (χ4v) is 0. The van der Waals surface area contributed by atoms with Crippen LogP contribution in [0.3, 0.4) is 0 Å². The van der Waals surface area contributed by atoms with E-state index in [0.29, 0.717) is 0 Å². The number of hydrogen-bond donors (Lipinski definition) is 3. The Balaban J connectivity index is 0. The summed E-state index contributed by atoms with van der Waals surface area (Å²) in [5.74, 6) is 1.30. The van der Waals surface area contributed by atoms with Gasteiger partial charge in [0, 0.05) is 6.92 Å². The summed E-state index contributed by atoms with van der Waals surface area (Å²) >= 11 is 0. The number of nitrogens with two attached hydrogens (primary N) is 1. The van der Waals surface area contributed by atoms with Crippen molar-refractivity contribution < 1.29 is 19.9 Å². The largest absolute Gasteiger partial charge is 0.476 e. The van der Waals surface area contributed by atoms with E-state index >= 15 is 0 Å². The normalized spacial score (nSPS) is 6.38. The van der Waals surface area contributed by atoms with Crippen molar-refractivity contribution in [3.63, 3.8) is 0 Å². The minimum Gasteiger partial charge on any atom is -0.476 e. The van der Waals surface area contributed by atoms with E-state index in [0.717, 1.165) is 6.92 Å². The Hall–Kier alpha value is -0.940. The smallest absolute Gasteiger partial charge is 0.371 e. The number of rotatable bonds is 1. The molecule has 0 unspecified atom stereocenters. The third-order valence-corrected chi connectivity index (χ3v) is 0.301. The molecule has 0 atom stereocenters. The molecule has 8 heavy (non-hydrogen) atoms. The number of carboxylic acid groups (broad SMARTS) is 1. The molecule has 48 valence electrons. The summed E-state index contributed by atoms with van der Waals surface area (Å²) in [5.41, 5.74) is 0. The summed E-state index contributed by atoms with van der Waals surface area (Å²) in [6, 6.07) is 0. The Morgan fingerprint density at radius 1 is 1.38 bits per heavy atom. The number of ketones is 1. The van der Waals surface area contributed by atoms with Gasteiger partial charge in [-0.25, -0.2) is 10.7 Å². The van der Waals surface area contributed by atoms with E-state index < -0.39 is 11.8 Å². The number of Topliss-reactive ketones (excluding diaryl/α,β-unsaturated/α-hetero) is 1. The molecule has 0 fully saturated rings. The first-order valence-corrected chi connectivity index (χ1v) is 1.64. The van der Waals surface area contributed by atoms with Crippen LogP contribution in [0.1, 0.15) is 6.92 Å². The van der Waals surface area contributed by atoms with Crippen LogP contribution >= 0.6 is 0 Å². The average molecular weight is 121 g/mol. The van der Waals surface area contributed by atoms with Crippen LogP contribution in [0.5, 0.6) is 0 Å². The minimum atomic E-state index is -1.38. The van der Waals surface area contributed by atoms with Crippen molar-refractivity contribution in [2.45, 2.75) is 6.92 Å². The molecule has 5 heteroatoms. The molecular formula is C3H7NO4. The Morgan fingerprint density at radius 3 is 1.50 bits per heavy atom. The highest BCUT2D eigenvalue weighted by molar-refractivity contribution is 6.31. The first-order chi connectivity index (χ1) is 3.64. The molecule has 0 amide bonds. The molecule has 0 aliphatic carbocycles. The van der Waals surface area contributed by atoms with Crippen LogP contribution in [0.15, 0.2) is 0 Å². The molecule has 0 aromatic carbocycles. The second kappa shape index (κ2) is 6.06. The van der Waals surface area contributed by atoms with Crippen LogP contribution in [0.25, 0.3) is 0 Å². The molecule has 0 aliphatic heterocycles. The van der Waals surface area contributed by atoms with E-state index in [-0.39, 0.29) is 0 Å². The highest BCUT2D eigenvalue weighted by atomic mass is 16.4. The first kappa shape index (κ1) is 10.1. The van der Waals surface area contributed by atoms with Gasteiger partial charge in [0.25, 0.3) is 0 Å². The van der Waals surface area contributed by atoms with E-state index in [1.54, 1.807) is 0 Å². The lowest BCUT2D eigenvalue weighted by atomic mass is 10.5. The van der Waals surface area contributed by atoms with E-state index in [9.17, 15) is 9.59 Å². The zero-order valence-corrected chi connectivity index (χ0v) is 4.29. The van der Waals surface area contributed by atoms with Crippen LogP contribution < -0.4 is 5.90 Å². The van der Waals surface area contributed by atoms with Crippen LogP contribution in [0, 0.1) is 0 Å². The Kier molecular flexibility index (Phi) is 7.67. The lowest BCUT2D eigenvalue weighted by molar-refractivity contribution is -0.148. The monoisotopic (exact) mass is 121 g/mol. The molecule has 0 spiro atoms. The summed E-state index contributed by atoms with van der Waals surface area (Å²) in [6.07, 6.45) is 0. The van der Waals surface area contributed by atoms with Gasteiger partial charge < -0.3 is 10.3 Å². The molecule has 0 heterocycles. The first-order valence-electron chi connectivity index (χ1n) is 1.64. The maximum Gasteiger partial charge on any atom is 0.371 e. The number of carbonyl (C=O) groups excluding carboxylic acids is 1. The van der Waals surface area contributed by atoms with Gasteiger partial charge in [-0.1, -0.05) is 0 Å². The van der Waals surface area contributed by atoms with Crippen molar-refractivity contribution in [2.75, 3.05) is 0 Å². The van der Waals surface area contributed by atoms with Gasteiger partial charge in [-0.3, -0.25) is 4.79 Å². The molecular weight excluding hydrogens is 114 g/mol. The van der Waals surface area contributed by atoms with E-state index in [4.69, 9.17) is 10.3 Å². The van der Waals surface area contributed by atoms with Crippen LogP contribution in [-0.4, -0.2) is 22.1 Å². The van der Waals surface area contributed by atoms with Gasteiger partial charge in [0.2, 0.25) is 5.78 Å². The highest BCUT2D eigenvalue weighted by Crippen LogP contribution is 1.61. The Morgan fingerprint density at radius 2 is 1.50 bits per heavy atom. The van der Waals surface area contributed by atoms with Gasteiger partial charge in [-0.05, 0) is 0 Å². The zero-order valence-electron chi connectivity index (χ0n) is 4.29. The highest BCUT2D eigenvalue weighted by Gasteiger charge is 1.98. The number of carboxylic acids is 1. The molecule has 4 N–H and O–H groups in total. The Bertz CT molecular complexity index is 77.3. The summed E-state index contributed by atoms with van der Waals surface area (Å²) in [4.78, 5) is 18.9. The average Bonchev–Trinajstić information content (AvgIpc) is 1.72. The van der Waals surface area contributed by atoms with Crippen LogP contribution in [0.4, 0.5) is 0 Å². The van der Waals surface area contributed by atoms with Crippen molar-refractivity contribution in [1.29, 1.82) is 0 Å². The topological polar surface area (TPSA) is 101 Å². The van der Waals surface area contributed by atoms with Gasteiger partial charge >= 0.3 is 5.97 Å². The maximum atomic E-state index is 9.54. The molecule has 0 rings (SSSR count). The van der Waals surface area contributed by atoms with E-state index in [1.807, 2.05) is 0 Å². The summed E-state index contributed by atoms with van der Waals surface area (Å²) in [6.45, 7) is 1.00. The maximum absolute atomic E-state index is 9.54. The summed E-state index contributed by atoms with van der Waals surface area (Å²) < 4.78 is 0. The van der Waals surface area contributed by atoms with Crippen molar-refractivity contribution in [3.8, 4) is 0 Å². The third kappa shape index (κ3) is 8.91. The molecule has 0 aromatic rings. The lowest BCUT2D eigenvalue weighted by Gasteiger charge is -1.73. The standard InChI is InChI=1S/C3H4O3.H3NO/c1-2(4)3(5)6;1-2/h1H3,(H,5,6);2H,1H2. The van der Waals surface area contributed by atoms with Gasteiger partial charge in [0.1, 0.15) is 0 Å². The number of hydrogen-bond acceptors (Lipinski definition) is 4.